The van der Waals surface area contributed by atoms with Crippen molar-refractivity contribution < 1.29 is 14.7 Å². The summed E-state index contributed by atoms with van der Waals surface area (Å²) >= 11 is 0. The average Bonchev–Trinajstić information content (AvgIpc) is 2.66. The summed E-state index contributed by atoms with van der Waals surface area (Å²) in [6.07, 6.45) is 1.47. The summed E-state index contributed by atoms with van der Waals surface area (Å²) in [5, 5.41) is 9.69. The fourth-order valence-electron chi connectivity index (χ4n) is 2.04. The van der Waals surface area contributed by atoms with Crippen LogP contribution in [-0.2, 0) is 0 Å². The maximum absolute atomic E-state index is 12.2. The molecule has 0 bridgehead atoms. The van der Waals surface area contributed by atoms with Crippen LogP contribution in [0.3, 0.4) is 0 Å². The van der Waals surface area contributed by atoms with E-state index >= 15 is 0 Å². The van der Waals surface area contributed by atoms with Gasteiger partial charge in [-0.05, 0) is 30.7 Å². The molecule has 94 valence electrons. The molecule has 2 amide bonds. The van der Waals surface area contributed by atoms with Crippen LogP contribution in [0.4, 0.5) is 5.69 Å². The van der Waals surface area contributed by atoms with E-state index in [1.165, 1.54) is 12.3 Å². The van der Waals surface area contributed by atoms with Crippen molar-refractivity contribution in [2.45, 2.75) is 6.92 Å². The summed E-state index contributed by atoms with van der Waals surface area (Å²) in [5.41, 5.74) is 1.45. The summed E-state index contributed by atoms with van der Waals surface area (Å²) in [6.45, 7) is 1.74. The monoisotopic (exact) mass is 254 g/mol. The summed E-state index contributed by atoms with van der Waals surface area (Å²) in [4.78, 5) is 29.3. The van der Waals surface area contributed by atoms with Crippen molar-refractivity contribution in [3.8, 4) is 5.75 Å². The molecule has 19 heavy (non-hydrogen) atoms. The topological polar surface area (TPSA) is 70.5 Å². The van der Waals surface area contributed by atoms with E-state index in [-0.39, 0.29) is 17.0 Å². The number of amides is 2. The molecule has 5 nitrogen and oxygen atoms in total. The lowest BCUT2D eigenvalue weighted by molar-refractivity contribution is 0.0924. The summed E-state index contributed by atoms with van der Waals surface area (Å²) in [7, 11) is 0. The van der Waals surface area contributed by atoms with E-state index in [0.717, 1.165) is 4.90 Å². The number of pyridine rings is 1. The first-order valence-electron chi connectivity index (χ1n) is 5.73. The van der Waals surface area contributed by atoms with Crippen molar-refractivity contribution in [2.75, 3.05) is 4.90 Å². The fourth-order valence-corrected chi connectivity index (χ4v) is 2.04. The van der Waals surface area contributed by atoms with Crippen molar-refractivity contribution in [3.63, 3.8) is 0 Å². The van der Waals surface area contributed by atoms with Gasteiger partial charge < -0.3 is 5.11 Å². The lowest BCUT2D eigenvalue weighted by Gasteiger charge is -2.14. The number of hydrogen-bond donors (Lipinski definition) is 1. The molecule has 1 aliphatic heterocycles. The Morgan fingerprint density at radius 3 is 2.63 bits per heavy atom. The van der Waals surface area contributed by atoms with E-state index in [2.05, 4.69) is 4.98 Å². The second kappa shape index (κ2) is 3.91. The predicted octanol–water partition coefficient (Wildman–Crippen LogP) is 1.90. The molecule has 0 atom stereocenters. The molecule has 0 saturated heterocycles. The van der Waals surface area contributed by atoms with Crippen LogP contribution in [-0.4, -0.2) is 21.9 Å². The number of aromatic nitrogens is 1. The van der Waals surface area contributed by atoms with Crippen molar-refractivity contribution >= 4 is 17.5 Å². The Bertz CT molecular complexity index is 675. The average molecular weight is 254 g/mol. The van der Waals surface area contributed by atoms with Crippen LogP contribution in [0.15, 0.2) is 36.5 Å². The Labute approximate surface area is 109 Å². The molecule has 2 heterocycles. The summed E-state index contributed by atoms with van der Waals surface area (Å²) in [6, 6.07) is 7.85. The lowest BCUT2D eigenvalue weighted by Crippen LogP contribution is -2.29. The van der Waals surface area contributed by atoms with Crippen molar-refractivity contribution in [1.29, 1.82) is 0 Å². The molecule has 2 aromatic rings. The Balaban J connectivity index is 2.11. The molecule has 3 rings (SSSR count). The molecule has 0 radical (unpaired) electrons. The van der Waals surface area contributed by atoms with E-state index < -0.39 is 11.8 Å². The highest BCUT2D eigenvalue weighted by Crippen LogP contribution is 2.30. The number of phenols is 1. The van der Waals surface area contributed by atoms with Gasteiger partial charge in [-0.25, -0.2) is 4.90 Å². The van der Waals surface area contributed by atoms with Gasteiger partial charge in [0.25, 0.3) is 11.8 Å². The minimum atomic E-state index is -0.469. The van der Waals surface area contributed by atoms with Gasteiger partial charge in [0.15, 0.2) is 0 Å². The zero-order valence-corrected chi connectivity index (χ0v) is 10.1. The number of carbonyl (C=O) groups is 2. The van der Waals surface area contributed by atoms with E-state index in [9.17, 15) is 14.7 Å². The first-order chi connectivity index (χ1) is 9.09. The molecule has 0 spiro atoms. The number of aryl methyl sites for hydroxylation is 1. The molecule has 0 fully saturated rings. The van der Waals surface area contributed by atoms with Gasteiger partial charge in [-0.1, -0.05) is 6.07 Å². The van der Waals surface area contributed by atoms with Crippen LogP contribution < -0.4 is 4.90 Å². The van der Waals surface area contributed by atoms with E-state index in [4.69, 9.17) is 0 Å². The van der Waals surface area contributed by atoms with Gasteiger partial charge in [-0.3, -0.25) is 14.6 Å². The Hall–Kier alpha value is -2.69. The standard InChI is InChI=1S/C14H10N2O3/c1-8-4-5-9(7-11(8)17)16-13(18)10-3-2-6-15-12(10)14(16)19/h2-7,17H,1H3. The SMILES string of the molecule is Cc1ccc(N2C(=O)c3cccnc3C2=O)cc1O. The maximum Gasteiger partial charge on any atom is 0.284 e. The first kappa shape index (κ1) is 11.4. The largest absolute Gasteiger partial charge is 0.508 e. The Kier molecular flexibility index (Phi) is 2.35. The van der Waals surface area contributed by atoms with Gasteiger partial charge in [0.2, 0.25) is 0 Å². The van der Waals surface area contributed by atoms with Crippen LogP contribution in [0.25, 0.3) is 0 Å². The maximum atomic E-state index is 12.2. The number of carbonyl (C=O) groups excluding carboxylic acids is 2. The third-order valence-corrected chi connectivity index (χ3v) is 3.10. The van der Waals surface area contributed by atoms with Crippen LogP contribution in [0, 0.1) is 6.92 Å². The molecule has 0 saturated carbocycles. The molecule has 0 unspecified atom stereocenters. The molecule has 1 N–H and O–H groups in total. The number of imide groups is 1. The number of anilines is 1. The molecule has 1 aliphatic rings. The predicted molar refractivity (Wildman–Crippen MR) is 68.2 cm³/mol. The van der Waals surface area contributed by atoms with Crippen LogP contribution >= 0.6 is 0 Å². The molecular formula is C14H10N2O3. The summed E-state index contributed by atoms with van der Waals surface area (Å²) < 4.78 is 0. The molecule has 1 aromatic heterocycles. The number of fused-ring (bicyclic) bond motifs is 1. The van der Waals surface area contributed by atoms with Crippen LogP contribution in [0.1, 0.15) is 26.4 Å². The minimum absolute atomic E-state index is 0.0435. The number of aromatic hydroxyl groups is 1. The van der Waals surface area contributed by atoms with Crippen LogP contribution in [0.2, 0.25) is 0 Å². The first-order valence-corrected chi connectivity index (χ1v) is 5.73. The van der Waals surface area contributed by atoms with Gasteiger partial charge in [0.05, 0.1) is 11.3 Å². The Morgan fingerprint density at radius 2 is 1.95 bits per heavy atom. The lowest BCUT2D eigenvalue weighted by atomic mass is 10.2. The molecular weight excluding hydrogens is 244 g/mol. The van der Waals surface area contributed by atoms with Crippen LogP contribution in [0.5, 0.6) is 5.75 Å². The zero-order chi connectivity index (χ0) is 13.6. The van der Waals surface area contributed by atoms with Crippen molar-refractivity contribution in [3.05, 3.63) is 53.3 Å². The summed E-state index contributed by atoms with van der Waals surface area (Å²) in [5.74, 6) is -0.845. The molecule has 0 aliphatic carbocycles. The fraction of sp³-hybridized carbons (Fsp3) is 0.0714. The van der Waals surface area contributed by atoms with E-state index in [1.807, 2.05) is 0 Å². The highest BCUT2D eigenvalue weighted by atomic mass is 16.3. The highest BCUT2D eigenvalue weighted by Gasteiger charge is 2.37. The van der Waals surface area contributed by atoms with Crippen molar-refractivity contribution in [2.24, 2.45) is 0 Å². The number of rotatable bonds is 1. The number of benzene rings is 1. The van der Waals surface area contributed by atoms with Gasteiger partial charge in [0.1, 0.15) is 11.4 Å². The number of phenolic OH excluding ortho intramolecular Hbond substituents is 1. The number of hydrogen-bond acceptors (Lipinski definition) is 4. The van der Waals surface area contributed by atoms with Gasteiger partial charge >= 0.3 is 0 Å². The smallest absolute Gasteiger partial charge is 0.284 e. The minimum Gasteiger partial charge on any atom is -0.508 e. The highest BCUT2D eigenvalue weighted by molar-refractivity contribution is 6.33. The zero-order valence-electron chi connectivity index (χ0n) is 10.1. The Morgan fingerprint density at radius 1 is 1.16 bits per heavy atom. The molecule has 1 aromatic carbocycles. The van der Waals surface area contributed by atoms with Gasteiger partial charge in [0, 0.05) is 12.3 Å². The normalized spacial score (nSPS) is 13.8. The van der Waals surface area contributed by atoms with Gasteiger partial charge in [-0.15, -0.1) is 0 Å². The van der Waals surface area contributed by atoms with E-state index in [0.29, 0.717) is 11.3 Å². The molecule has 5 heteroatoms. The van der Waals surface area contributed by atoms with E-state index in [1.54, 1.807) is 31.2 Å². The van der Waals surface area contributed by atoms with Crippen molar-refractivity contribution in [1.82, 2.24) is 4.98 Å². The quantitative estimate of drug-likeness (QED) is 0.789. The number of nitrogens with zero attached hydrogens (tertiary/aromatic N) is 2. The second-order valence-electron chi connectivity index (χ2n) is 4.32. The van der Waals surface area contributed by atoms with Gasteiger partial charge in [-0.2, -0.15) is 0 Å². The third kappa shape index (κ3) is 1.59. The second-order valence-corrected chi connectivity index (χ2v) is 4.32. The third-order valence-electron chi connectivity index (χ3n) is 3.10.